The van der Waals surface area contributed by atoms with Crippen molar-refractivity contribution < 1.29 is 19.4 Å². The number of ether oxygens (including phenoxy) is 2. The van der Waals surface area contributed by atoms with Crippen molar-refractivity contribution in [2.75, 3.05) is 13.2 Å². The van der Waals surface area contributed by atoms with E-state index in [0.717, 1.165) is 24.2 Å². The topological polar surface area (TPSA) is 81.8 Å². The third-order valence-corrected chi connectivity index (χ3v) is 7.30. The minimum atomic E-state index is -0.897. The summed E-state index contributed by atoms with van der Waals surface area (Å²) in [6.45, 7) is 5.84. The van der Waals surface area contributed by atoms with Gasteiger partial charge in [0.25, 0.3) is 0 Å². The molecule has 5 heteroatoms. The maximum atomic E-state index is 11.1. The highest BCUT2D eigenvalue weighted by Crippen LogP contribution is 2.31. The second-order valence-electron chi connectivity index (χ2n) is 11.0. The van der Waals surface area contributed by atoms with Crippen molar-refractivity contribution in [1.82, 2.24) is 0 Å². The molecule has 0 heterocycles. The third-order valence-electron chi connectivity index (χ3n) is 7.30. The first kappa shape index (κ1) is 34.3. The van der Waals surface area contributed by atoms with Gasteiger partial charge in [0.2, 0.25) is 0 Å². The summed E-state index contributed by atoms with van der Waals surface area (Å²) in [5, 5.41) is 9.12. The molecule has 1 aromatic rings. The van der Waals surface area contributed by atoms with Gasteiger partial charge in [0.1, 0.15) is 0 Å². The Morgan fingerprint density at radius 1 is 0.658 bits per heavy atom. The Morgan fingerprint density at radius 3 is 1.47 bits per heavy atom. The fourth-order valence-electron chi connectivity index (χ4n) is 4.84. The summed E-state index contributed by atoms with van der Waals surface area (Å²) in [5.74, 6) is 0.525. The molecule has 1 rings (SSSR count). The Morgan fingerprint density at radius 2 is 1.05 bits per heavy atom. The molecule has 0 aromatic heterocycles. The van der Waals surface area contributed by atoms with Crippen molar-refractivity contribution in [3.05, 3.63) is 23.8 Å². The first-order chi connectivity index (χ1) is 18.6. The normalized spacial score (nSPS) is 12.0. The van der Waals surface area contributed by atoms with Crippen molar-refractivity contribution in [2.24, 2.45) is 5.73 Å². The van der Waals surface area contributed by atoms with Crippen molar-refractivity contribution in [1.29, 1.82) is 0 Å². The first-order valence-corrected chi connectivity index (χ1v) is 15.9. The van der Waals surface area contributed by atoms with Crippen LogP contribution in [0.3, 0.4) is 0 Å². The molecule has 0 saturated carbocycles. The van der Waals surface area contributed by atoms with E-state index < -0.39 is 12.0 Å². The molecule has 0 aliphatic rings. The highest BCUT2D eigenvalue weighted by Gasteiger charge is 2.14. The molecule has 1 unspecified atom stereocenters. The van der Waals surface area contributed by atoms with Crippen LogP contribution in [0.1, 0.15) is 160 Å². The zero-order chi connectivity index (χ0) is 27.7. The van der Waals surface area contributed by atoms with Gasteiger partial charge in [-0.25, -0.2) is 0 Å². The van der Waals surface area contributed by atoms with Crippen LogP contribution in [0.15, 0.2) is 18.2 Å². The van der Waals surface area contributed by atoms with Crippen LogP contribution in [0, 0.1) is 0 Å². The number of carboxylic acid groups (broad SMARTS) is 1. The summed E-state index contributed by atoms with van der Waals surface area (Å²) in [4.78, 5) is 11.1. The van der Waals surface area contributed by atoms with E-state index in [4.69, 9.17) is 20.3 Å². The maximum absolute atomic E-state index is 11.1. The molecule has 38 heavy (non-hydrogen) atoms. The Labute approximate surface area is 234 Å². The van der Waals surface area contributed by atoms with E-state index in [0.29, 0.717) is 19.0 Å². The lowest BCUT2D eigenvalue weighted by atomic mass is 10.0. The lowest BCUT2D eigenvalue weighted by Crippen LogP contribution is -2.15. The third kappa shape index (κ3) is 18.5. The fourth-order valence-corrected chi connectivity index (χ4v) is 4.84. The van der Waals surface area contributed by atoms with E-state index in [1.807, 2.05) is 18.2 Å². The van der Waals surface area contributed by atoms with Crippen LogP contribution < -0.4 is 15.2 Å². The molecule has 3 N–H and O–H groups in total. The summed E-state index contributed by atoms with van der Waals surface area (Å²) >= 11 is 0. The van der Waals surface area contributed by atoms with Gasteiger partial charge in [-0.2, -0.15) is 0 Å². The lowest BCUT2D eigenvalue weighted by Gasteiger charge is -2.16. The fraction of sp³-hybridized carbons (Fsp3) is 0.788. The number of hydrogen-bond acceptors (Lipinski definition) is 4. The molecule has 220 valence electrons. The Kier molecular flexibility index (Phi) is 21.9. The van der Waals surface area contributed by atoms with Crippen molar-refractivity contribution in [2.45, 2.75) is 155 Å². The predicted molar refractivity (Wildman–Crippen MR) is 160 cm³/mol. The van der Waals surface area contributed by atoms with Gasteiger partial charge in [-0.1, -0.05) is 135 Å². The maximum Gasteiger partial charge on any atom is 0.305 e. The summed E-state index contributed by atoms with van der Waals surface area (Å²) in [5.41, 5.74) is 6.89. The molecule has 5 nitrogen and oxygen atoms in total. The second-order valence-corrected chi connectivity index (χ2v) is 11.0. The van der Waals surface area contributed by atoms with Crippen LogP contribution in [-0.4, -0.2) is 24.3 Å². The summed E-state index contributed by atoms with van der Waals surface area (Å²) in [6, 6.07) is 5.08. The largest absolute Gasteiger partial charge is 0.490 e. The molecule has 0 bridgehead atoms. The van der Waals surface area contributed by atoms with Crippen LogP contribution in [0.2, 0.25) is 0 Å². The zero-order valence-electron chi connectivity index (χ0n) is 24.8. The molecule has 0 radical (unpaired) electrons. The molecule has 0 spiro atoms. The average molecular weight is 534 g/mol. The van der Waals surface area contributed by atoms with Crippen molar-refractivity contribution >= 4 is 5.97 Å². The zero-order valence-corrected chi connectivity index (χ0v) is 24.8. The van der Waals surface area contributed by atoms with Gasteiger partial charge in [0.05, 0.1) is 19.6 Å². The lowest BCUT2D eigenvalue weighted by molar-refractivity contribution is -0.137. The Balaban J connectivity index is 2.37. The first-order valence-electron chi connectivity index (χ1n) is 15.9. The minimum absolute atomic E-state index is 0.101. The van der Waals surface area contributed by atoms with E-state index in [1.165, 1.54) is 116 Å². The number of aliphatic carboxylic acids is 1. The van der Waals surface area contributed by atoms with Gasteiger partial charge in [-0.05, 0) is 30.5 Å². The molecule has 1 atom stereocenters. The summed E-state index contributed by atoms with van der Waals surface area (Å²) < 4.78 is 12.2. The van der Waals surface area contributed by atoms with Crippen molar-refractivity contribution in [3.63, 3.8) is 0 Å². The van der Waals surface area contributed by atoms with Gasteiger partial charge in [-0.3, -0.25) is 4.79 Å². The number of rotatable bonds is 27. The minimum Gasteiger partial charge on any atom is -0.490 e. The molecule has 0 saturated heterocycles. The highest BCUT2D eigenvalue weighted by atomic mass is 16.5. The quantitative estimate of drug-likeness (QED) is 0.110. The smallest absolute Gasteiger partial charge is 0.305 e. The van der Waals surface area contributed by atoms with Gasteiger partial charge in [0, 0.05) is 6.04 Å². The van der Waals surface area contributed by atoms with Crippen LogP contribution in [0.25, 0.3) is 0 Å². The SMILES string of the molecule is CCCCCCCCCCCCOc1ccc(C(N)CC(=O)O)cc1OCCCCCCCCCCCC. The number of nitrogens with two attached hydrogens (primary N) is 1. The summed E-state index contributed by atoms with van der Waals surface area (Å²) in [6.07, 6.45) is 25.7. The van der Waals surface area contributed by atoms with Gasteiger partial charge in [-0.15, -0.1) is 0 Å². The second kappa shape index (κ2) is 24.3. The highest BCUT2D eigenvalue weighted by molar-refractivity contribution is 5.68. The molecule has 0 aliphatic heterocycles. The standard InChI is InChI=1S/C33H59NO4/c1-3-5-7-9-11-13-15-17-19-21-25-37-31-24-23-29(30(34)28-33(35)36)27-32(31)38-26-22-20-18-16-14-12-10-8-6-4-2/h23-24,27,30H,3-22,25-26,28,34H2,1-2H3,(H,35,36). The van der Waals surface area contributed by atoms with E-state index in [2.05, 4.69) is 13.8 Å². The van der Waals surface area contributed by atoms with Gasteiger partial charge < -0.3 is 20.3 Å². The number of carbonyl (C=O) groups is 1. The number of carboxylic acids is 1. The van der Waals surface area contributed by atoms with E-state index in [9.17, 15) is 4.79 Å². The van der Waals surface area contributed by atoms with Crippen LogP contribution in [-0.2, 0) is 4.79 Å². The predicted octanol–water partition coefficient (Wildman–Crippen LogP) is 9.76. The molecule has 1 aromatic carbocycles. The number of unbranched alkanes of at least 4 members (excludes halogenated alkanes) is 18. The van der Waals surface area contributed by atoms with Gasteiger partial charge >= 0.3 is 5.97 Å². The number of hydrogen-bond donors (Lipinski definition) is 2. The van der Waals surface area contributed by atoms with E-state index in [1.54, 1.807) is 0 Å². The van der Waals surface area contributed by atoms with E-state index >= 15 is 0 Å². The molecular weight excluding hydrogens is 474 g/mol. The molecule has 0 fully saturated rings. The van der Waals surface area contributed by atoms with Gasteiger partial charge in [0.15, 0.2) is 11.5 Å². The van der Waals surface area contributed by atoms with E-state index in [-0.39, 0.29) is 6.42 Å². The van der Waals surface area contributed by atoms with Crippen LogP contribution in [0.4, 0.5) is 0 Å². The van der Waals surface area contributed by atoms with Crippen LogP contribution in [0.5, 0.6) is 11.5 Å². The Hall–Kier alpha value is -1.75. The molecule has 0 amide bonds. The molecular formula is C33H59NO4. The van der Waals surface area contributed by atoms with Crippen molar-refractivity contribution in [3.8, 4) is 11.5 Å². The number of benzene rings is 1. The Bertz CT molecular complexity index is 694. The molecule has 0 aliphatic carbocycles. The van der Waals surface area contributed by atoms with Crippen LogP contribution >= 0.6 is 0 Å². The monoisotopic (exact) mass is 533 g/mol. The summed E-state index contributed by atoms with van der Waals surface area (Å²) in [7, 11) is 0. The average Bonchev–Trinajstić information content (AvgIpc) is 2.90.